The number of nitriles is 2. The molecule has 0 saturated carbocycles. The summed E-state index contributed by atoms with van der Waals surface area (Å²) < 4.78 is 18.3. The van der Waals surface area contributed by atoms with Crippen LogP contribution in [0.15, 0.2) is 39.4 Å². The van der Waals surface area contributed by atoms with Gasteiger partial charge in [0.05, 0.1) is 36.6 Å². The summed E-state index contributed by atoms with van der Waals surface area (Å²) in [5.41, 5.74) is 5.72. The number of allylic oxidation sites excluding steroid dienone is 1. The summed E-state index contributed by atoms with van der Waals surface area (Å²) in [6, 6.07) is 9.92. The lowest BCUT2D eigenvalue weighted by Crippen LogP contribution is -2.16. The first kappa shape index (κ1) is 22.1. The molecule has 4 rings (SSSR count). The summed E-state index contributed by atoms with van der Waals surface area (Å²) in [6.45, 7) is 6.04. The van der Waals surface area contributed by atoms with Crippen LogP contribution in [-0.4, -0.2) is 36.1 Å². The van der Waals surface area contributed by atoms with Gasteiger partial charge >= 0.3 is 0 Å². The SMILES string of the molecule is COCC1C(/C(C#N)=C/c2cc(C)n(-c3oc(C)cc3C#N)c2C)=Nc2cc(OC)ncc21. The number of ether oxygens (including phenoxy) is 2. The Balaban J connectivity index is 1.80. The van der Waals surface area contributed by atoms with Crippen molar-refractivity contribution in [3.63, 3.8) is 0 Å². The van der Waals surface area contributed by atoms with E-state index in [2.05, 4.69) is 17.1 Å². The molecule has 0 spiro atoms. The zero-order valence-corrected chi connectivity index (χ0v) is 19.1. The third-order valence-corrected chi connectivity index (χ3v) is 5.70. The van der Waals surface area contributed by atoms with E-state index in [0.717, 1.165) is 28.2 Å². The number of hydrogen-bond acceptors (Lipinski definition) is 7. The van der Waals surface area contributed by atoms with Crippen molar-refractivity contribution in [3.05, 3.63) is 63.8 Å². The Bertz CT molecular complexity index is 1380. The lowest BCUT2D eigenvalue weighted by molar-refractivity contribution is 0.196. The molecule has 1 unspecified atom stereocenters. The molecule has 1 aliphatic rings. The first-order chi connectivity index (χ1) is 15.9. The van der Waals surface area contributed by atoms with Gasteiger partial charge in [-0.15, -0.1) is 0 Å². The Kier molecular flexibility index (Phi) is 5.87. The first-order valence-electron chi connectivity index (χ1n) is 10.3. The summed E-state index contributed by atoms with van der Waals surface area (Å²) in [7, 11) is 3.17. The maximum atomic E-state index is 10.0. The van der Waals surface area contributed by atoms with Crippen molar-refractivity contribution in [3.8, 4) is 23.9 Å². The van der Waals surface area contributed by atoms with Gasteiger partial charge in [-0.3, -0.25) is 9.56 Å². The van der Waals surface area contributed by atoms with Crippen LogP contribution < -0.4 is 4.74 Å². The summed E-state index contributed by atoms with van der Waals surface area (Å²) in [5, 5.41) is 19.5. The highest BCUT2D eigenvalue weighted by atomic mass is 16.5. The second-order valence-corrected chi connectivity index (χ2v) is 7.81. The van der Waals surface area contributed by atoms with Crippen LogP contribution in [0.4, 0.5) is 5.69 Å². The van der Waals surface area contributed by atoms with E-state index in [1.165, 1.54) is 0 Å². The van der Waals surface area contributed by atoms with Gasteiger partial charge in [-0.2, -0.15) is 10.5 Å². The van der Waals surface area contributed by atoms with E-state index in [4.69, 9.17) is 18.9 Å². The average Bonchev–Trinajstić information content (AvgIpc) is 3.44. The largest absolute Gasteiger partial charge is 0.481 e. The Hall–Kier alpha value is -4.14. The molecule has 0 N–H and O–H groups in total. The zero-order chi connectivity index (χ0) is 23.7. The van der Waals surface area contributed by atoms with Crippen LogP contribution in [0.25, 0.3) is 12.0 Å². The number of rotatable bonds is 6. The zero-order valence-electron chi connectivity index (χ0n) is 19.1. The second kappa shape index (κ2) is 8.78. The molecular weight excluding hydrogens is 418 g/mol. The van der Waals surface area contributed by atoms with Crippen LogP contribution in [0, 0.1) is 43.4 Å². The lowest BCUT2D eigenvalue weighted by atomic mass is 9.93. The molecule has 0 aliphatic carbocycles. The number of hydrogen-bond donors (Lipinski definition) is 0. The van der Waals surface area contributed by atoms with Gasteiger partial charge in [-0.25, -0.2) is 4.98 Å². The van der Waals surface area contributed by atoms with Crippen molar-refractivity contribution in [2.45, 2.75) is 26.7 Å². The number of pyridine rings is 1. The Morgan fingerprint density at radius 2 is 2.00 bits per heavy atom. The predicted octanol–water partition coefficient (Wildman–Crippen LogP) is 4.69. The lowest BCUT2D eigenvalue weighted by Gasteiger charge is -2.13. The minimum absolute atomic E-state index is 0.212. The molecule has 3 aromatic rings. The van der Waals surface area contributed by atoms with E-state index in [0.29, 0.717) is 41.0 Å². The van der Waals surface area contributed by atoms with E-state index >= 15 is 0 Å². The number of furan rings is 1. The number of nitrogens with zero attached hydrogens (tertiary/aromatic N) is 5. The number of aliphatic imine (C=N–C) groups is 1. The Labute approximate surface area is 192 Å². The molecular formula is C25H23N5O3. The third-order valence-electron chi connectivity index (χ3n) is 5.70. The van der Waals surface area contributed by atoms with Gasteiger partial charge in [0, 0.05) is 36.3 Å². The molecule has 0 radical (unpaired) electrons. The quantitative estimate of drug-likeness (QED) is 0.513. The molecule has 1 aliphatic heterocycles. The van der Waals surface area contributed by atoms with Crippen LogP contribution in [-0.2, 0) is 4.74 Å². The fraction of sp³-hybridized carbons (Fsp3) is 0.280. The standard InChI is InChI=1S/C25H23N5O3/c1-14-6-17(16(3)30(14)25-19(11-27)7-15(2)33-25)8-18(10-26)24-21(13-31-4)20-12-28-23(32-5)9-22(20)29-24/h6-9,12,21H,13H2,1-5H3/b18-8+. The molecule has 0 bridgehead atoms. The smallest absolute Gasteiger partial charge is 0.222 e. The molecule has 8 heteroatoms. The summed E-state index contributed by atoms with van der Waals surface area (Å²) >= 11 is 0. The molecule has 166 valence electrons. The van der Waals surface area contributed by atoms with Gasteiger partial charge in [0.1, 0.15) is 23.5 Å². The molecule has 0 saturated heterocycles. The number of aryl methyl sites for hydroxylation is 2. The summed E-state index contributed by atoms with van der Waals surface area (Å²) in [4.78, 5) is 9.03. The molecule has 3 aromatic heterocycles. The molecule has 1 atom stereocenters. The van der Waals surface area contributed by atoms with Crippen molar-refractivity contribution >= 4 is 17.5 Å². The Morgan fingerprint density at radius 1 is 1.21 bits per heavy atom. The van der Waals surface area contributed by atoms with Crippen molar-refractivity contribution in [2.75, 3.05) is 20.8 Å². The monoisotopic (exact) mass is 441 g/mol. The van der Waals surface area contributed by atoms with Crippen LogP contribution in [0.2, 0.25) is 0 Å². The predicted molar refractivity (Wildman–Crippen MR) is 123 cm³/mol. The van der Waals surface area contributed by atoms with E-state index in [1.807, 2.05) is 37.5 Å². The van der Waals surface area contributed by atoms with Crippen molar-refractivity contribution < 1.29 is 13.9 Å². The number of aromatic nitrogens is 2. The summed E-state index contributed by atoms with van der Waals surface area (Å²) in [5.74, 6) is 1.39. The van der Waals surface area contributed by atoms with E-state index in [9.17, 15) is 10.5 Å². The van der Waals surface area contributed by atoms with Gasteiger partial charge in [0.2, 0.25) is 11.8 Å². The van der Waals surface area contributed by atoms with E-state index in [1.54, 1.807) is 32.5 Å². The highest BCUT2D eigenvalue weighted by Gasteiger charge is 2.31. The van der Waals surface area contributed by atoms with Gasteiger partial charge in [0.15, 0.2) is 0 Å². The minimum atomic E-state index is -0.212. The first-order valence-corrected chi connectivity index (χ1v) is 10.3. The van der Waals surface area contributed by atoms with Gasteiger partial charge < -0.3 is 13.9 Å². The minimum Gasteiger partial charge on any atom is -0.481 e. The summed E-state index contributed by atoms with van der Waals surface area (Å²) in [6.07, 6.45) is 3.54. The highest BCUT2D eigenvalue weighted by Crippen LogP contribution is 2.39. The average molecular weight is 441 g/mol. The van der Waals surface area contributed by atoms with Crippen LogP contribution >= 0.6 is 0 Å². The molecule has 0 fully saturated rings. The molecule has 0 amide bonds. The fourth-order valence-corrected chi connectivity index (χ4v) is 4.17. The molecule has 33 heavy (non-hydrogen) atoms. The van der Waals surface area contributed by atoms with Gasteiger partial charge in [0.25, 0.3) is 0 Å². The third kappa shape index (κ3) is 3.82. The number of fused-ring (bicyclic) bond motifs is 1. The fourth-order valence-electron chi connectivity index (χ4n) is 4.17. The normalized spacial score (nSPS) is 15.1. The molecule has 8 nitrogen and oxygen atoms in total. The van der Waals surface area contributed by atoms with Crippen LogP contribution in [0.5, 0.6) is 5.88 Å². The van der Waals surface area contributed by atoms with Crippen molar-refractivity contribution in [1.29, 1.82) is 10.5 Å². The maximum Gasteiger partial charge on any atom is 0.222 e. The van der Waals surface area contributed by atoms with Gasteiger partial charge in [-0.05, 0) is 44.5 Å². The van der Waals surface area contributed by atoms with E-state index < -0.39 is 0 Å². The maximum absolute atomic E-state index is 10.0. The van der Waals surface area contributed by atoms with Crippen molar-refractivity contribution in [2.24, 2.45) is 4.99 Å². The van der Waals surface area contributed by atoms with Gasteiger partial charge in [-0.1, -0.05) is 0 Å². The molecule has 4 heterocycles. The van der Waals surface area contributed by atoms with Crippen LogP contribution in [0.3, 0.4) is 0 Å². The highest BCUT2D eigenvalue weighted by molar-refractivity contribution is 6.14. The number of methoxy groups -OCH3 is 2. The topological polar surface area (TPSA) is 109 Å². The van der Waals surface area contributed by atoms with Crippen LogP contribution in [0.1, 0.15) is 39.8 Å². The van der Waals surface area contributed by atoms with E-state index in [-0.39, 0.29) is 5.92 Å². The Morgan fingerprint density at radius 3 is 2.67 bits per heavy atom. The molecule has 0 aromatic carbocycles. The van der Waals surface area contributed by atoms with Crippen molar-refractivity contribution in [1.82, 2.24) is 9.55 Å². The second-order valence-electron chi connectivity index (χ2n) is 7.81.